The average Bonchev–Trinajstić information content (AvgIpc) is 2.22. The lowest BCUT2D eigenvalue weighted by atomic mass is 10.1. The van der Waals surface area contributed by atoms with Gasteiger partial charge in [-0.25, -0.2) is 0 Å². The Balaban J connectivity index is 3.47. The minimum atomic E-state index is -6.59. The Kier molecular flexibility index (Phi) is 4.39. The van der Waals surface area contributed by atoms with Crippen molar-refractivity contribution in [3.8, 4) is 0 Å². The number of benzene rings is 1. The highest BCUT2D eigenvalue weighted by atomic mass is 32.2. The van der Waals surface area contributed by atoms with Crippen LogP contribution >= 0.6 is 11.8 Å². The summed E-state index contributed by atoms with van der Waals surface area (Å²) in [5.41, 5.74) is 5.15. The molecule has 120 valence electrons. The van der Waals surface area contributed by atoms with Gasteiger partial charge in [-0.15, -0.1) is 0 Å². The van der Waals surface area contributed by atoms with Crippen LogP contribution in [-0.2, 0) is 0 Å². The number of rotatable bonds is 2. The maximum Gasteiger partial charge on any atom is 0.421 e. The molecule has 1 aromatic carbocycles. The molecule has 0 saturated carbocycles. The Hall–Kier alpha value is -1.26. The highest BCUT2D eigenvalue weighted by Gasteiger charge is 2.84. The average molecular weight is 343 g/mol. The number of hydrogen-bond donors (Lipinski definition) is 1. The molecule has 1 rings (SSSR count). The van der Waals surface area contributed by atoms with Crippen LogP contribution in [0.3, 0.4) is 0 Å². The van der Waals surface area contributed by atoms with Gasteiger partial charge < -0.3 is 5.73 Å². The molecule has 1 nitrogen and oxygen atoms in total. The van der Waals surface area contributed by atoms with Crippen LogP contribution in [0.2, 0.25) is 0 Å². The highest BCUT2D eigenvalue weighted by Crippen LogP contribution is 2.61. The largest absolute Gasteiger partial charge is 0.421 e. The van der Waals surface area contributed by atoms with Crippen LogP contribution in [-0.4, -0.2) is 23.3 Å². The number of hydrogen-bond acceptors (Lipinski definition) is 2. The van der Waals surface area contributed by atoms with Gasteiger partial charge in [0.2, 0.25) is 0 Å². The van der Waals surface area contributed by atoms with Crippen molar-refractivity contribution >= 4 is 17.4 Å². The van der Waals surface area contributed by atoms with E-state index in [9.17, 15) is 39.5 Å². The fraction of sp³-hybridized carbons (Fsp3) is 0.400. The summed E-state index contributed by atoms with van der Waals surface area (Å²) in [5, 5.41) is 0. The van der Waals surface area contributed by atoms with Crippen LogP contribution < -0.4 is 5.73 Å². The molecule has 0 amide bonds. The lowest BCUT2D eigenvalue weighted by Crippen LogP contribution is -2.63. The smallest absolute Gasteiger partial charge is 0.399 e. The topological polar surface area (TPSA) is 26.0 Å². The maximum atomic E-state index is 12.6. The monoisotopic (exact) mass is 343 g/mol. The molecule has 0 bridgehead atoms. The Bertz CT molecular complexity index is 449. The summed E-state index contributed by atoms with van der Waals surface area (Å²) in [7, 11) is 0. The van der Waals surface area contributed by atoms with Gasteiger partial charge in [0.25, 0.3) is 0 Å². The molecule has 0 spiro atoms. The maximum absolute atomic E-state index is 12.6. The normalized spacial score (nSPS) is 14.3. The van der Waals surface area contributed by atoms with Crippen molar-refractivity contribution in [2.24, 2.45) is 0 Å². The first-order valence-electron chi connectivity index (χ1n) is 4.97. The highest BCUT2D eigenvalue weighted by molar-refractivity contribution is 8.01. The number of alkyl halides is 9. The van der Waals surface area contributed by atoms with Crippen molar-refractivity contribution < 1.29 is 39.5 Å². The molecule has 0 unspecified atom stereocenters. The zero-order valence-corrected chi connectivity index (χ0v) is 10.5. The van der Waals surface area contributed by atoms with Crippen LogP contribution in [0.4, 0.5) is 45.2 Å². The third kappa shape index (κ3) is 3.16. The van der Waals surface area contributed by atoms with E-state index in [1.807, 2.05) is 0 Å². The molecule has 0 aliphatic heterocycles. The van der Waals surface area contributed by atoms with E-state index in [0.29, 0.717) is 12.1 Å². The van der Waals surface area contributed by atoms with Gasteiger partial charge in [-0.2, -0.15) is 39.5 Å². The van der Waals surface area contributed by atoms with E-state index >= 15 is 0 Å². The second kappa shape index (κ2) is 5.18. The number of thioether (sulfide) groups is 1. The van der Waals surface area contributed by atoms with Gasteiger partial charge in [0.15, 0.2) is 0 Å². The van der Waals surface area contributed by atoms with Crippen LogP contribution in [0.5, 0.6) is 0 Å². The van der Waals surface area contributed by atoms with E-state index in [2.05, 4.69) is 0 Å². The predicted octanol–water partition coefficient (Wildman–Crippen LogP) is 4.79. The van der Waals surface area contributed by atoms with Crippen LogP contribution in [0.25, 0.3) is 0 Å². The molecule has 0 aromatic heterocycles. The Morgan fingerprint density at radius 2 is 1.00 bits per heavy atom. The van der Waals surface area contributed by atoms with Crippen molar-refractivity contribution in [3.63, 3.8) is 0 Å². The first-order chi connectivity index (χ1) is 9.22. The number of anilines is 1. The molecule has 2 N–H and O–H groups in total. The van der Waals surface area contributed by atoms with E-state index in [0.717, 1.165) is 12.1 Å². The molecular weight excluding hydrogens is 337 g/mol. The third-order valence-corrected chi connectivity index (χ3v) is 3.86. The summed E-state index contributed by atoms with van der Waals surface area (Å²) in [6, 6.07) is 3.10. The Morgan fingerprint density at radius 3 is 1.29 bits per heavy atom. The molecular formula is C10H6F9NS. The summed E-state index contributed by atoms with van der Waals surface area (Å²) in [4.78, 5) is -0.865. The summed E-state index contributed by atoms with van der Waals surface area (Å²) in [6.45, 7) is 0. The first-order valence-corrected chi connectivity index (χ1v) is 5.79. The molecule has 0 radical (unpaired) electrons. The minimum absolute atomic E-state index is 0.0176. The molecule has 0 aliphatic rings. The van der Waals surface area contributed by atoms with E-state index in [4.69, 9.17) is 5.73 Å². The van der Waals surface area contributed by atoms with Crippen LogP contribution in [0.1, 0.15) is 0 Å². The van der Waals surface area contributed by atoms with Gasteiger partial charge >= 0.3 is 23.3 Å². The predicted molar refractivity (Wildman–Crippen MR) is 57.6 cm³/mol. The second-order valence-corrected chi connectivity index (χ2v) is 5.13. The van der Waals surface area contributed by atoms with E-state index in [1.54, 1.807) is 0 Å². The Morgan fingerprint density at radius 1 is 0.667 bits per heavy atom. The zero-order valence-electron chi connectivity index (χ0n) is 9.70. The summed E-state index contributed by atoms with van der Waals surface area (Å²) in [5.74, 6) is 0. The lowest BCUT2D eigenvalue weighted by molar-refractivity contribution is -0.345. The molecule has 0 fully saturated rings. The van der Waals surface area contributed by atoms with Crippen LogP contribution in [0.15, 0.2) is 29.2 Å². The third-order valence-electron chi connectivity index (χ3n) is 2.35. The van der Waals surface area contributed by atoms with Crippen molar-refractivity contribution in [1.29, 1.82) is 0 Å². The van der Waals surface area contributed by atoms with Gasteiger partial charge in [-0.1, -0.05) is 11.8 Å². The van der Waals surface area contributed by atoms with Gasteiger partial charge in [0.1, 0.15) is 0 Å². The lowest BCUT2D eigenvalue weighted by Gasteiger charge is -2.37. The van der Waals surface area contributed by atoms with Gasteiger partial charge in [0, 0.05) is 10.6 Å². The van der Waals surface area contributed by atoms with E-state index in [-0.39, 0.29) is 5.69 Å². The Labute approximate surface area is 116 Å². The van der Waals surface area contributed by atoms with Crippen molar-refractivity contribution in [1.82, 2.24) is 0 Å². The standard InChI is InChI=1S/C10H6F9NS/c11-8(12,13)7(9(14,15)16,10(17,18)19)21-6-3-1-5(20)2-4-6/h1-4H,20H2. The first kappa shape index (κ1) is 17.8. The molecule has 0 heterocycles. The summed E-state index contributed by atoms with van der Waals surface area (Å²) < 4.78 is 108. The van der Waals surface area contributed by atoms with Crippen molar-refractivity contribution in [2.75, 3.05) is 5.73 Å². The summed E-state index contributed by atoms with van der Waals surface area (Å²) >= 11 is -1.36. The second-order valence-electron chi connectivity index (χ2n) is 3.85. The van der Waals surface area contributed by atoms with Gasteiger partial charge in [0.05, 0.1) is 0 Å². The van der Waals surface area contributed by atoms with Gasteiger partial charge in [-0.05, 0) is 24.3 Å². The van der Waals surface area contributed by atoms with Crippen molar-refractivity contribution in [2.45, 2.75) is 28.2 Å². The van der Waals surface area contributed by atoms with E-state index in [1.165, 1.54) is 0 Å². The number of halogens is 9. The SMILES string of the molecule is Nc1ccc(SC(C(F)(F)F)(C(F)(F)F)C(F)(F)F)cc1. The van der Waals surface area contributed by atoms with Crippen LogP contribution in [0, 0.1) is 0 Å². The molecule has 1 aromatic rings. The molecule has 21 heavy (non-hydrogen) atoms. The zero-order chi connectivity index (χ0) is 16.7. The van der Waals surface area contributed by atoms with Crippen molar-refractivity contribution in [3.05, 3.63) is 24.3 Å². The summed E-state index contributed by atoms with van der Waals surface area (Å²) in [6.07, 6.45) is -19.8. The molecule has 0 atom stereocenters. The molecule has 0 saturated heterocycles. The van der Waals surface area contributed by atoms with E-state index < -0.39 is 39.9 Å². The molecule has 0 aliphatic carbocycles. The number of nitrogen functional groups attached to an aromatic ring is 1. The minimum Gasteiger partial charge on any atom is -0.399 e. The molecule has 11 heteroatoms. The fourth-order valence-electron chi connectivity index (χ4n) is 1.37. The fourth-order valence-corrected chi connectivity index (χ4v) is 2.34. The quantitative estimate of drug-likeness (QED) is 0.475. The number of nitrogens with two attached hydrogens (primary N) is 1. The van der Waals surface area contributed by atoms with Gasteiger partial charge in [-0.3, -0.25) is 0 Å².